The van der Waals surface area contributed by atoms with Crippen LogP contribution in [0.25, 0.3) is 0 Å². The van der Waals surface area contributed by atoms with Gasteiger partial charge in [-0.15, -0.1) is 0 Å². The van der Waals surface area contributed by atoms with Gasteiger partial charge in [-0.1, -0.05) is 25.1 Å². The summed E-state index contributed by atoms with van der Waals surface area (Å²) in [7, 11) is 0. The molecule has 1 amide bonds. The zero-order valence-electron chi connectivity index (χ0n) is 9.24. The van der Waals surface area contributed by atoms with Gasteiger partial charge in [0.25, 0.3) is 0 Å². The Kier molecular flexibility index (Phi) is 4.92. The Balaban J connectivity index is 2.55. The Bertz CT molecular complexity index is 351. The van der Waals surface area contributed by atoms with Crippen molar-refractivity contribution in [2.24, 2.45) is 0 Å². The summed E-state index contributed by atoms with van der Waals surface area (Å²) >= 11 is 0. The van der Waals surface area contributed by atoms with Crippen molar-refractivity contribution >= 4 is 5.91 Å². The van der Waals surface area contributed by atoms with Crippen LogP contribution in [0.5, 0.6) is 0 Å². The second-order valence-electron chi connectivity index (χ2n) is 3.62. The molecule has 0 fully saturated rings. The highest BCUT2D eigenvalue weighted by Gasteiger charge is 2.11. The molecule has 1 rings (SSSR count). The van der Waals surface area contributed by atoms with Crippen molar-refractivity contribution in [2.75, 3.05) is 6.61 Å². The number of amides is 1. The number of aliphatic hydroxyl groups is 1. The Morgan fingerprint density at radius 2 is 2.19 bits per heavy atom. The third-order valence-electron chi connectivity index (χ3n) is 2.39. The number of hydrogen-bond acceptors (Lipinski definition) is 2. The number of benzene rings is 1. The van der Waals surface area contributed by atoms with E-state index in [1.54, 1.807) is 18.2 Å². The second-order valence-corrected chi connectivity index (χ2v) is 3.62. The van der Waals surface area contributed by atoms with E-state index >= 15 is 0 Å². The highest BCUT2D eigenvalue weighted by molar-refractivity contribution is 5.78. The molecule has 88 valence electrons. The number of aliphatic hydroxyl groups excluding tert-OH is 1. The molecule has 1 atom stereocenters. The molecule has 4 heteroatoms. The molecule has 0 bridgehead atoms. The molecule has 0 heterocycles. The van der Waals surface area contributed by atoms with Gasteiger partial charge in [-0.3, -0.25) is 4.79 Å². The lowest BCUT2D eigenvalue weighted by Gasteiger charge is -2.13. The molecular formula is C12H16FNO2. The number of rotatable bonds is 5. The van der Waals surface area contributed by atoms with E-state index < -0.39 is 0 Å². The minimum Gasteiger partial charge on any atom is -0.394 e. The maximum atomic E-state index is 13.2. The Morgan fingerprint density at radius 3 is 2.75 bits per heavy atom. The van der Waals surface area contributed by atoms with Gasteiger partial charge in [-0.25, -0.2) is 4.39 Å². The van der Waals surface area contributed by atoms with E-state index in [-0.39, 0.29) is 30.8 Å². The van der Waals surface area contributed by atoms with Crippen LogP contribution in [0.4, 0.5) is 4.39 Å². The fourth-order valence-corrected chi connectivity index (χ4v) is 1.37. The number of nitrogens with one attached hydrogen (secondary N) is 1. The molecule has 3 nitrogen and oxygen atoms in total. The minimum atomic E-state index is -0.380. The number of halogens is 1. The average Bonchev–Trinajstić information content (AvgIpc) is 2.29. The van der Waals surface area contributed by atoms with E-state index in [9.17, 15) is 9.18 Å². The lowest BCUT2D eigenvalue weighted by Crippen LogP contribution is -2.37. The topological polar surface area (TPSA) is 49.3 Å². The number of carbonyl (C=O) groups excluding carboxylic acids is 1. The number of hydrogen-bond donors (Lipinski definition) is 2. The standard InChI is InChI=1S/C12H16FNO2/c1-2-10(8-15)14-12(16)7-9-5-3-4-6-11(9)13/h3-6,10,15H,2,7-8H2,1H3,(H,14,16). The highest BCUT2D eigenvalue weighted by Crippen LogP contribution is 2.07. The van der Waals surface area contributed by atoms with Gasteiger partial charge < -0.3 is 10.4 Å². The van der Waals surface area contributed by atoms with E-state index in [0.717, 1.165) is 0 Å². The van der Waals surface area contributed by atoms with Crippen molar-refractivity contribution in [3.63, 3.8) is 0 Å². The third kappa shape index (κ3) is 3.62. The van der Waals surface area contributed by atoms with Crippen molar-refractivity contribution in [2.45, 2.75) is 25.8 Å². The molecule has 1 aromatic carbocycles. The summed E-state index contributed by atoms with van der Waals surface area (Å²) in [6.45, 7) is 1.77. The largest absolute Gasteiger partial charge is 0.394 e. The van der Waals surface area contributed by atoms with E-state index in [1.807, 2.05) is 6.92 Å². The van der Waals surface area contributed by atoms with Gasteiger partial charge in [0.2, 0.25) is 5.91 Å². The maximum Gasteiger partial charge on any atom is 0.224 e. The summed E-state index contributed by atoms with van der Waals surface area (Å²) in [5.41, 5.74) is 0.368. The predicted molar refractivity (Wildman–Crippen MR) is 59.4 cm³/mol. The summed E-state index contributed by atoms with van der Waals surface area (Å²) in [4.78, 5) is 11.5. The van der Waals surface area contributed by atoms with Crippen LogP contribution >= 0.6 is 0 Å². The molecule has 0 aliphatic rings. The molecule has 1 aromatic rings. The van der Waals surface area contributed by atoms with Gasteiger partial charge in [0.1, 0.15) is 5.82 Å². The molecule has 0 aliphatic heterocycles. The first-order valence-corrected chi connectivity index (χ1v) is 5.31. The summed E-state index contributed by atoms with van der Waals surface area (Å²) < 4.78 is 13.2. The monoisotopic (exact) mass is 225 g/mol. The molecule has 2 N–H and O–H groups in total. The zero-order valence-corrected chi connectivity index (χ0v) is 9.24. The van der Waals surface area contributed by atoms with Crippen LogP contribution in [-0.2, 0) is 11.2 Å². The summed E-state index contributed by atoms with van der Waals surface area (Å²) in [6.07, 6.45) is 0.655. The molecular weight excluding hydrogens is 209 g/mol. The quantitative estimate of drug-likeness (QED) is 0.792. The van der Waals surface area contributed by atoms with Gasteiger partial charge >= 0.3 is 0 Å². The van der Waals surface area contributed by atoms with Crippen molar-refractivity contribution in [1.29, 1.82) is 0 Å². The highest BCUT2D eigenvalue weighted by atomic mass is 19.1. The normalized spacial score (nSPS) is 12.2. The molecule has 0 saturated heterocycles. The lowest BCUT2D eigenvalue weighted by atomic mass is 10.1. The Labute approximate surface area is 94.3 Å². The van der Waals surface area contributed by atoms with Crippen LogP contribution in [0, 0.1) is 5.82 Å². The molecule has 0 radical (unpaired) electrons. The first-order chi connectivity index (χ1) is 7.67. The first kappa shape index (κ1) is 12.6. The van der Waals surface area contributed by atoms with Crippen LogP contribution in [0.1, 0.15) is 18.9 Å². The van der Waals surface area contributed by atoms with Crippen molar-refractivity contribution in [1.82, 2.24) is 5.32 Å². The van der Waals surface area contributed by atoms with Gasteiger partial charge in [-0.2, -0.15) is 0 Å². The lowest BCUT2D eigenvalue weighted by molar-refractivity contribution is -0.121. The van der Waals surface area contributed by atoms with E-state index in [4.69, 9.17) is 5.11 Å². The maximum absolute atomic E-state index is 13.2. The molecule has 16 heavy (non-hydrogen) atoms. The summed E-state index contributed by atoms with van der Waals surface area (Å²) in [5.74, 6) is -0.652. The fraction of sp³-hybridized carbons (Fsp3) is 0.417. The number of carbonyl (C=O) groups is 1. The van der Waals surface area contributed by atoms with Gasteiger partial charge in [0, 0.05) is 0 Å². The molecule has 0 aromatic heterocycles. The molecule has 0 spiro atoms. The molecule has 0 saturated carbocycles. The second kappa shape index (κ2) is 6.23. The smallest absolute Gasteiger partial charge is 0.224 e. The summed E-state index contributed by atoms with van der Waals surface area (Å²) in [5, 5.41) is 11.5. The summed E-state index contributed by atoms with van der Waals surface area (Å²) in [6, 6.07) is 5.93. The van der Waals surface area contributed by atoms with Crippen molar-refractivity contribution in [3.05, 3.63) is 35.6 Å². The SMILES string of the molecule is CCC(CO)NC(=O)Cc1ccccc1F. The van der Waals surface area contributed by atoms with Gasteiger partial charge in [0.05, 0.1) is 19.1 Å². The zero-order chi connectivity index (χ0) is 12.0. The first-order valence-electron chi connectivity index (χ1n) is 5.31. The van der Waals surface area contributed by atoms with E-state index in [2.05, 4.69) is 5.32 Å². The van der Waals surface area contributed by atoms with E-state index in [1.165, 1.54) is 6.07 Å². The van der Waals surface area contributed by atoms with Crippen LogP contribution in [0.15, 0.2) is 24.3 Å². The fourth-order valence-electron chi connectivity index (χ4n) is 1.37. The van der Waals surface area contributed by atoms with Crippen LogP contribution < -0.4 is 5.32 Å². The van der Waals surface area contributed by atoms with Crippen LogP contribution in [-0.4, -0.2) is 23.7 Å². The third-order valence-corrected chi connectivity index (χ3v) is 2.39. The Morgan fingerprint density at radius 1 is 1.50 bits per heavy atom. The van der Waals surface area contributed by atoms with Gasteiger partial charge in [0.15, 0.2) is 0 Å². The van der Waals surface area contributed by atoms with E-state index in [0.29, 0.717) is 12.0 Å². The van der Waals surface area contributed by atoms with Crippen LogP contribution in [0.2, 0.25) is 0 Å². The predicted octanol–water partition coefficient (Wildman–Crippen LogP) is 1.26. The molecule has 1 unspecified atom stereocenters. The molecule has 0 aliphatic carbocycles. The average molecular weight is 225 g/mol. The van der Waals surface area contributed by atoms with Crippen LogP contribution in [0.3, 0.4) is 0 Å². The minimum absolute atomic E-state index is 0.00315. The van der Waals surface area contributed by atoms with Crippen molar-refractivity contribution in [3.8, 4) is 0 Å². The van der Waals surface area contributed by atoms with Crippen molar-refractivity contribution < 1.29 is 14.3 Å². The Hall–Kier alpha value is -1.42. The van der Waals surface area contributed by atoms with Gasteiger partial charge in [-0.05, 0) is 18.1 Å².